The van der Waals surface area contributed by atoms with Gasteiger partial charge in [0.05, 0.1) is 5.69 Å². The van der Waals surface area contributed by atoms with E-state index in [0.717, 1.165) is 30.8 Å². The Morgan fingerprint density at radius 2 is 2.00 bits per heavy atom. The van der Waals surface area contributed by atoms with Crippen molar-refractivity contribution in [1.82, 2.24) is 15.1 Å². The standard InChI is InChI=1S/C14H18FN3/c1-11-13(10-18(2)17-11)9-16-8-7-12-3-5-14(15)6-4-12/h3-6,10,16H,7-9H2,1-2H3. The second kappa shape index (κ2) is 5.78. The maximum Gasteiger partial charge on any atom is 0.123 e. The molecule has 0 aliphatic rings. The van der Waals surface area contributed by atoms with E-state index in [1.54, 1.807) is 0 Å². The normalized spacial score (nSPS) is 10.8. The molecule has 2 rings (SSSR count). The van der Waals surface area contributed by atoms with Crippen LogP contribution in [0.4, 0.5) is 4.39 Å². The van der Waals surface area contributed by atoms with Crippen molar-refractivity contribution in [3.05, 3.63) is 53.1 Å². The minimum atomic E-state index is -0.183. The van der Waals surface area contributed by atoms with Gasteiger partial charge in [0.25, 0.3) is 0 Å². The van der Waals surface area contributed by atoms with Gasteiger partial charge in [-0.3, -0.25) is 4.68 Å². The third-order valence-corrected chi connectivity index (χ3v) is 2.93. The van der Waals surface area contributed by atoms with Crippen LogP contribution < -0.4 is 5.32 Å². The number of rotatable bonds is 5. The summed E-state index contributed by atoms with van der Waals surface area (Å²) < 4.78 is 14.5. The minimum Gasteiger partial charge on any atom is -0.312 e. The molecule has 4 heteroatoms. The predicted molar refractivity (Wildman–Crippen MR) is 69.8 cm³/mol. The third kappa shape index (κ3) is 3.40. The van der Waals surface area contributed by atoms with Crippen molar-refractivity contribution in [2.75, 3.05) is 6.54 Å². The lowest BCUT2D eigenvalue weighted by atomic mass is 10.1. The van der Waals surface area contributed by atoms with Gasteiger partial charge in [-0.1, -0.05) is 12.1 Å². The van der Waals surface area contributed by atoms with Crippen LogP contribution in [0.2, 0.25) is 0 Å². The summed E-state index contributed by atoms with van der Waals surface area (Å²) in [6.07, 6.45) is 2.93. The van der Waals surface area contributed by atoms with Crippen LogP contribution in [0.25, 0.3) is 0 Å². The van der Waals surface area contributed by atoms with Gasteiger partial charge in [0, 0.05) is 25.4 Å². The predicted octanol–water partition coefficient (Wildman–Crippen LogP) is 2.20. The quantitative estimate of drug-likeness (QED) is 0.821. The highest BCUT2D eigenvalue weighted by Gasteiger charge is 2.01. The van der Waals surface area contributed by atoms with Crippen LogP contribution in [0, 0.1) is 12.7 Å². The minimum absolute atomic E-state index is 0.183. The van der Waals surface area contributed by atoms with Gasteiger partial charge in [-0.15, -0.1) is 0 Å². The van der Waals surface area contributed by atoms with Crippen molar-refractivity contribution >= 4 is 0 Å². The molecule has 96 valence electrons. The van der Waals surface area contributed by atoms with E-state index in [1.807, 2.05) is 37.0 Å². The number of aromatic nitrogens is 2. The summed E-state index contributed by atoms with van der Waals surface area (Å²) >= 11 is 0. The molecule has 0 saturated heterocycles. The molecule has 1 N–H and O–H groups in total. The molecule has 1 aromatic carbocycles. The van der Waals surface area contributed by atoms with Crippen molar-refractivity contribution in [2.45, 2.75) is 19.9 Å². The zero-order valence-electron chi connectivity index (χ0n) is 10.8. The maximum atomic E-state index is 12.7. The summed E-state index contributed by atoms with van der Waals surface area (Å²) in [7, 11) is 1.93. The highest BCUT2D eigenvalue weighted by molar-refractivity contribution is 5.17. The SMILES string of the molecule is Cc1nn(C)cc1CNCCc1ccc(F)cc1. The Morgan fingerprint density at radius 1 is 1.28 bits per heavy atom. The van der Waals surface area contributed by atoms with Gasteiger partial charge < -0.3 is 5.32 Å². The average molecular weight is 247 g/mol. The monoisotopic (exact) mass is 247 g/mol. The van der Waals surface area contributed by atoms with Crippen molar-refractivity contribution < 1.29 is 4.39 Å². The largest absolute Gasteiger partial charge is 0.312 e. The lowest BCUT2D eigenvalue weighted by Gasteiger charge is -2.04. The topological polar surface area (TPSA) is 29.9 Å². The van der Waals surface area contributed by atoms with Crippen LogP contribution >= 0.6 is 0 Å². The molecule has 1 heterocycles. The first kappa shape index (κ1) is 12.8. The number of hydrogen-bond donors (Lipinski definition) is 1. The molecule has 0 spiro atoms. The van der Waals surface area contributed by atoms with Gasteiger partial charge in [0.1, 0.15) is 5.82 Å². The maximum absolute atomic E-state index is 12.7. The second-order valence-corrected chi connectivity index (χ2v) is 4.47. The molecule has 0 fully saturated rings. The Balaban J connectivity index is 1.76. The summed E-state index contributed by atoms with van der Waals surface area (Å²) in [5, 5.41) is 7.66. The number of hydrogen-bond acceptors (Lipinski definition) is 2. The highest BCUT2D eigenvalue weighted by atomic mass is 19.1. The van der Waals surface area contributed by atoms with E-state index in [1.165, 1.54) is 17.7 Å². The molecule has 0 aliphatic heterocycles. The van der Waals surface area contributed by atoms with Crippen LogP contribution in [0.5, 0.6) is 0 Å². The number of nitrogens with zero attached hydrogens (tertiary/aromatic N) is 2. The van der Waals surface area contributed by atoms with Crippen LogP contribution in [-0.2, 0) is 20.0 Å². The molecule has 18 heavy (non-hydrogen) atoms. The van der Waals surface area contributed by atoms with Crippen LogP contribution in [-0.4, -0.2) is 16.3 Å². The fourth-order valence-corrected chi connectivity index (χ4v) is 1.93. The molecule has 0 aliphatic carbocycles. The number of benzene rings is 1. The second-order valence-electron chi connectivity index (χ2n) is 4.47. The fraction of sp³-hybridized carbons (Fsp3) is 0.357. The zero-order valence-corrected chi connectivity index (χ0v) is 10.8. The van der Waals surface area contributed by atoms with Crippen molar-refractivity contribution in [3.63, 3.8) is 0 Å². The molecule has 0 atom stereocenters. The van der Waals surface area contributed by atoms with Crippen LogP contribution in [0.1, 0.15) is 16.8 Å². The number of aryl methyl sites for hydroxylation is 2. The molecule has 0 radical (unpaired) electrons. The van der Waals surface area contributed by atoms with Gasteiger partial charge in [0.15, 0.2) is 0 Å². The summed E-state index contributed by atoms with van der Waals surface area (Å²) in [5.41, 5.74) is 3.43. The Kier molecular flexibility index (Phi) is 4.10. The van der Waals surface area contributed by atoms with Gasteiger partial charge in [-0.2, -0.15) is 5.10 Å². The molecule has 0 bridgehead atoms. The van der Waals surface area contributed by atoms with E-state index in [4.69, 9.17) is 0 Å². The Morgan fingerprint density at radius 3 is 2.61 bits per heavy atom. The van der Waals surface area contributed by atoms with Crippen LogP contribution in [0.3, 0.4) is 0 Å². The van der Waals surface area contributed by atoms with Gasteiger partial charge in [0.2, 0.25) is 0 Å². The van der Waals surface area contributed by atoms with E-state index >= 15 is 0 Å². The molecule has 2 aromatic rings. The third-order valence-electron chi connectivity index (χ3n) is 2.93. The van der Waals surface area contributed by atoms with Gasteiger partial charge in [-0.05, 0) is 37.6 Å². The van der Waals surface area contributed by atoms with Crippen LogP contribution in [0.15, 0.2) is 30.5 Å². The molecule has 3 nitrogen and oxygen atoms in total. The van der Waals surface area contributed by atoms with E-state index in [-0.39, 0.29) is 5.82 Å². The van der Waals surface area contributed by atoms with Gasteiger partial charge >= 0.3 is 0 Å². The van der Waals surface area contributed by atoms with Crippen molar-refractivity contribution in [3.8, 4) is 0 Å². The zero-order chi connectivity index (χ0) is 13.0. The molecule has 0 unspecified atom stereocenters. The summed E-state index contributed by atoms with van der Waals surface area (Å²) in [4.78, 5) is 0. The molecule has 0 saturated carbocycles. The number of nitrogens with one attached hydrogen (secondary N) is 1. The first-order valence-electron chi connectivity index (χ1n) is 6.09. The molecule has 1 aromatic heterocycles. The molecule has 0 amide bonds. The Hall–Kier alpha value is -1.68. The lowest BCUT2D eigenvalue weighted by Crippen LogP contribution is -2.16. The fourth-order valence-electron chi connectivity index (χ4n) is 1.93. The molecular formula is C14H18FN3. The van der Waals surface area contributed by atoms with E-state index < -0.39 is 0 Å². The molecular weight excluding hydrogens is 229 g/mol. The lowest BCUT2D eigenvalue weighted by molar-refractivity contribution is 0.626. The first-order valence-corrected chi connectivity index (χ1v) is 6.09. The van der Waals surface area contributed by atoms with Crippen molar-refractivity contribution in [2.24, 2.45) is 7.05 Å². The highest BCUT2D eigenvalue weighted by Crippen LogP contribution is 2.05. The Labute approximate surface area is 107 Å². The average Bonchev–Trinajstić information content (AvgIpc) is 2.66. The number of halogens is 1. The summed E-state index contributed by atoms with van der Waals surface area (Å²) in [6.45, 7) is 3.71. The first-order chi connectivity index (χ1) is 8.65. The summed E-state index contributed by atoms with van der Waals surface area (Å²) in [6, 6.07) is 6.65. The van der Waals surface area contributed by atoms with E-state index in [9.17, 15) is 4.39 Å². The Bertz CT molecular complexity index is 502. The summed E-state index contributed by atoms with van der Waals surface area (Å²) in [5.74, 6) is -0.183. The van der Waals surface area contributed by atoms with E-state index in [0.29, 0.717) is 0 Å². The van der Waals surface area contributed by atoms with Crippen molar-refractivity contribution in [1.29, 1.82) is 0 Å². The smallest absolute Gasteiger partial charge is 0.123 e. The van der Waals surface area contributed by atoms with E-state index in [2.05, 4.69) is 10.4 Å². The van der Waals surface area contributed by atoms with Gasteiger partial charge in [-0.25, -0.2) is 4.39 Å².